The first-order valence-corrected chi connectivity index (χ1v) is 8.63. The van der Waals surface area contributed by atoms with Crippen molar-refractivity contribution in [3.05, 3.63) is 29.1 Å². The molecule has 0 fully saturated rings. The summed E-state index contributed by atoms with van der Waals surface area (Å²) in [6.45, 7) is 7.32. The molecule has 2 amide bonds. The van der Waals surface area contributed by atoms with Crippen LogP contribution in [0.2, 0.25) is 0 Å². The van der Waals surface area contributed by atoms with Crippen molar-refractivity contribution in [1.29, 1.82) is 0 Å². The van der Waals surface area contributed by atoms with E-state index in [2.05, 4.69) is 5.32 Å². The van der Waals surface area contributed by atoms with E-state index >= 15 is 0 Å². The number of anilines is 1. The predicted molar refractivity (Wildman–Crippen MR) is 90.0 cm³/mol. The molecule has 1 unspecified atom stereocenters. The summed E-state index contributed by atoms with van der Waals surface area (Å²) in [4.78, 5) is 11.9. The van der Waals surface area contributed by atoms with E-state index in [4.69, 9.17) is 14.2 Å². The minimum Gasteiger partial charge on any atom is -0.337 e. The highest BCUT2D eigenvalue weighted by Crippen LogP contribution is 2.28. The van der Waals surface area contributed by atoms with Crippen molar-refractivity contribution in [3.63, 3.8) is 0 Å². The van der Waals surface area contributed by atoms with Gasteiger partial charge in [0.25, 0.3) is 5.97 Å². The number of hydrogen-bond acceptors (Lipinski definition) is 4. The maximum Gasteiger partial charge on any atom is 0.319 e. The summed E-state index contributed by atoms with van der Waals surface area (Å²) in [5.74, 6) is -13.0. The van der Waals surface area contributed by atoms with Crippen molar-refractivity contribution in [2.75, 3.05) is 31.7 Å². The van der Waals surface area contributed by atoms with Gasteiger partial charge in [-0.05, 0) is 20.8 Å². The standard InChI is InChI=1S/C17H23F5N2O4/c1-5-26-17(27-6-2,28-7-3)9(4)8-23-16(25)24-15-13(21)11(19)10(18)12(20)14(15)22/h9H,5-8H2,1-4H3,(H2,23,24,25). The molecule has 1 rings (SSSR count). The largest absolute Gasteiger partial charge is 0.337 e. The van der Waals surface area contributed by atoms with Gasteiger partial charge >= 0.3 is 6.03 Å². The van der Waals surface area contributed by atoms with E-state index in [1.807, 2.05) is 0 Å². The van der Waals surface area contributed by atoms with Crippen LogP contribution in [-0.2, 0) is 14.2 Å². The van der Waals surface area contributed by atoms with Crippen molar-refractivity contribution in [1.82, 2.24) is 5.32 Å². The number of carbonyl (C=O) groups excluding carboxylic acids is 1. The minimum atomic E-state index is -2.32. The quantitative estimate of drug-likeness (QED) is 0.264. The molecule has 160 valence electrons. The highest BCUT2D eigenvalue weighted by molar-refractivity contribution is 5.89. The van der Waals surface area contributed by atoms with Crippen LogP contribution in [-0.4, -0.2) is 38.4 Å². The number of carbonyl (C=O) groups is 1. The molecule has 1 atom stereocenters. The predicted octanol–water partition coefficient (Wildman–Crippen LogP) is 3.90. The summed E-state index contributed by atoms with van der Waals surface area (Å²) >= 11 is 0. The average Bonchev–Trinajstić information content (AvgIpc) is 2.66. The van der Waals surface area contributed by atoms with Crippen LogP contribution in [0.15, 0.2) is 0 Å². The molecule has 11 heteroatoms. The van der Waals surface area contributed by atoms with Crippen molar-refractivity contribution in [2.24, 2.45) is 5.92 Å². The lowest BCUT2D eigenvalue weighted by Crippen LogP contribution is -2.50. The van der Waals surface area contributed by atoms with Crippen molar-refractivity contribution >= 4 is 11.7 Å². The molecule has 0 heterocycles. The first kappa shape index (κ1) is 24.1. The molecule has 28 heavy (non-hydrogen) atoms. The molecule has 0 spiro atoms. The van der Waals surface area contributed by atoms with Crippen LogP contribution in [0.1, 0.15) is 27.7 Å². The van der Waals surface area contributed by atoms with E-state index in [9.17, 15) is 26.7 Å². The van der Waals surface area contributed by atoms with Crippen molar-refractivity contribution in [2.45, 2.75) is 33.7 Å². The fourth-order valence-corrected chi connectivity index (χ4v) is 2.40. The van der Waals surface area contributed by atoms with Gasteiger partial charge in [-0.25, -0.2) is 26.7 Å². The molecule has 1 aromatic rings. The molecule has 0 aliphatic rings. The average molecular weight is 414 g/mol. The van der Waals surface area contributed by atoms with Crippen molar-refractivity contribution in [3.8, 4) is 0 Å². The molecule has 6 nitrogen and oxygen atoms in total. The van der Waals surface area contributed by atoms with E-state index in [1.165, 1.54) is 0 Å². The fourth-order valence-electron chi connectivity index (χ4n) is 2.40. The summed E-state index contributed by atoms with van der Waals surface area (Å²) in [6.07, 6.45) is 0. The van der Waals surface area contributed by atoms with Crippen LogP contribution >= 0.6 is 0 Å². The van der Waals surface area contributed by atoms with Gasteiger partial charge in [0.1, 0.15) is 5.69 Å². The molecule has 0 saturated carbocycles. The van der Waals surface area contributed by atoms with E-state index in [0.717, 1.165) is 0 Å². The van der Waals surface area contributed by atoms with Gasteiger partial charge in [0.2, 0.25) is 5.82 Å². The summed E-state index contributed by atoms with van der Waals surface area (Å²) in [5.41, 5.74) is -1.45. The zero-order valence-electron chi connectivity index (χ0n) is 15.9. The Bertz CT molecular complexity index is 644. The van der Waals surface area contributed by atoms with Gasteiger partial charge in [-0.15, -0.1) is 0 Å². The number of benzene rings is 1. The smallest absolute Gasteiger partial charge is 0.319 e. The van der Waals surface area contributed by atoms with Gasteiger partial charge in [0.15, 0.2) is 23.3 Å². The number of ether oxygens (including phenoxy) is 3. The highest BCUT2D eigenvalue weighted by Gasteiger charge is 2.39. The molecule has 2 N–H and O–H groups in total. The van der Waals surface area contributed by atoms with Gasteiger partial charge in [-0.1, -0.05) is 6.92 Å². The molecule has 0 aromatic heterocycles. The van der Waals surface area contributed by atoms with Gasteiger partial charge in [-0.3, -0.25) is 0 Å². The zero-order valence-corrected chi connectivity index (χ0v) is 15.9. The Morgan fingerprint density at radius 2 is 1.25 bits per heavy atom. The van der Waals surface area contributed by atoms with Gasteiger partial charge in [0.05, 0.1) is 5.92 Å². The SMILES string of the molecule is CCOC(OCC)(OCC)C(C)CNC(=O)Nc1c(F)c(F)c(F)c(F)c1F. The monoisotopic (exact) mass is 414 g/mol. The Hall–Kier alpha value is -1.98. The maximum atomic E-state index is 13.6. The number of halogens is 5. The first-order chi connectivity index (χ1) is 13.1. The van der Waals surface area contributed by atoms with Crippen LogP contribution in [0.25, 0.3) is 0 Å². The fraction of sp³-hybridized carbons (Fsp3) is 0.588. The Balaban J connectivity index is 2.89. The molecule has 0 aliphatic carbocycles. The Morgan fingerprint density at radius 3 is 1.64 bits per heavy atom. The minimum absolute atomic E-state index is 0.152. The third-order valence-corrected chi connectivity index (χ3v) is 3.66. The van der Waals surface area contributed by atoms with Crippen LogP contribution in [0, 0.1) is 35.0 Å². The van der Waals surface area contributed by atoms with Gasteiger partial charge in [0, 0.05) is 26.4 Å². The second kappa shape index (κ2) is 10.5. The van der Waals surface area contributed by atoms with Gasteiger partial charge < -0.3 is 24.8 Å². The normalized spacial score (nSPS) is 12.8. The summed E-state index contributed by atoms with van der Waals surface area (Å²) in [6, 6.07) is -1.19. The van der Waals surface area contributed by atoms with Crippen LogP contribution < -0.4 is 10.6 Å². The second-order valence-corrected chi connectivity index (χ2v) is 5.58. The van der Waals surface area contributed by atoms with Gasteiger partial charge in [-0.2, -0.15) is 0 Å². The van der Waals surface area contributed by atoms with Crippen molar-refractivity contribution < 1.29 is 41.0 Å². The summed E-state index contributed by atoms with van der Waals surface area (Å²) < 4.78 is 83.3. The van der Waals surface area contributed by atoms with E-state index < -0.39 is 52.7 Å². The van der Waals surface area contributed by atoms with E-state index in [-0.39, 0.29) is 26.4 Å². The maximum absolute atomic E-state index is 13.6. The molecular formula is C17H23F5N2O4. The lowest BCUT2D eigenvalue weighted by atomic mass is 10.1. The number of rotatable bonds is 10. The number of hydrogen-bond donors (Lipinski definition) is 2. The van der Waals surface area contributed by atoms with E-state index in [1.54, 1.807) is 33.0 Å². The van der Waals surface area contributed by atoms with Crippen LogP contribution in [0.4, 0.5) is 32.4 Å². The molecular weight excluding hydrogens is 391 g/mol. The highest BCUT2D eigenvalue weighted by atomic mass is 19.2. The summed E-state index contributed by atoms with van der Waals surface area (Å²) in [7, 11) is 0. The Labute approximate surface area is 159 Å². The lowest BCUT2D eigenvalue weighted by Gasteiger charge is -2.37. The van der Waals surface area contributed by atoms with Crippen LogP contribution in [0.5, 0.6) is 0 Å². The number of urea groups is 1. The second-order valence-electron chi connectivity index (χ2n) is 5.58. The third kappa shape index (κ3) is 5.30. The third-order valence-electron chi connectivity index (χ3n) is 3.66. The number of nitrogens with one attached hydrogen (secondary N) is 2. The molecule has 1 aromatic carbocycles. The Kier molecular flexibility index (Phi) is 9.05. The molecule has 0 saturated heterocycles. The molecule has 0 bridgehead atoms. The van der Waals surface area contributed by atoms with E-state index in [0.29, 0.717) is 0 Å². The topological polar surface area (TPSA) is 68.8 Å². The molecule has 0 radical (unpaired) electrons. The molecule has 0 aliphatic heterocycles. The lowest BCUT2D eigenvalue weighted by molar-refractivity contribution is -0.398. The number of amides is 2. The first-order valence-electron chi connectivity index (χ1n) is 8.63. The Morgan fingerprint density at radius 1 is 0.857 bits per heavy atom. The van der Waals surface area contributed by atoms with Crippen LogP contribution in [0.3, 0.4) is 0 Å². The zero-order chi connectivity index (χ0) is 21.5. The summed E-state index contributed by atoms with van der Waals surface area (Å²) in [5, 5.41) is 3.88.